The number of hydrogen-bond donors (Lipinski definition) is 1. The van der Waals surface area contributed by atoms with Gasteiger partial charge in [0.05, 0.1) is 0 Å². The van der Waals surface area contributed by atoms with E-state index in [1.54, 1.807) is 11.3 Å². The van der Waals surface area contributed by atoms with Gasteiger partial charge in [0.1, 0.15) is 0 Å². The highest BCUT2D eigenvalue weighted by Gasteiger charge is 2.12. The molecule has 0 aromatic carbocycles. The fourth-order valence-electron chi connectivity index (χ4n) is 1.03. The second-order valence-corrected chi connectivity index (χ2v) is 4.75. The van der Waals surface area contributed by atoms with E-state index in [2.05, 4.69) is 32.2 Å². The van der Waals surface area contributed by atoms with Crippen LogP contribution in [0, 0.1) is 6.92 Å². The topological polar surface area (TPSA) is 26.0 Å². The molecule has 1 heterocycles. The number of hydrogen-bond acceptors (Lipinski definition) is 2. The Labute approximate surface area is 72.2 Å². The van der Waals surface area contributed by atoms with Gasteiger partial charge in [-0.25, -0.2) is 0 Å². The van der Waals surface area contributed by atoms with E-state index in [0.29, 0.717) is 0 Å². The van der Waals surface area contributed by atoms with Gasteiger partial charge in [0, 0.05) is 10.4 Å². The fourth-order valence-corrected chi connectivity index (χ4v) is 2.15. The first kappa shape index (κ1) is 8.75. The minimum absolute atomic E-state index is 0.0721. The summed E-state index contributed by atoms with van der Waals surface area (Å²) >= 11 is 1.80. The van der Waals surface area contributed by atoms with E-state index in [1.165, 1.54) is 10.4 Å². The SMILES string of the molecule is Cc1csc(CC(C)(C)N)c1. The lowest BCUT2D eigenvalue weighted by Gasteiger charge is -2.16. The third-order valence-electron chi connectivity index (χ3n) is 1.41. The van der Waals surface area contributed by atoms with Gasteiger partial charge >= 0.3 is 0 Å². The van der Waals surface area contributed by atoms with E-state index in [-0.39, 0.29) is 5.54 Å². The van der Waals surface area contributed by atoms with Crippen LogP contribution in [0.25, 0.3) is 0 Å². The molecule has 0 aliphatic carbocycles. The van der Waals surface area contributed by atoms with Crippen LogP contribution in [0.3, 0.4) is 0 Å². The number of thiophene rings is 1. The van der Waals surface area contributed by atoms with E-state index in [4.69, 9.17) is 5.73 Å². The summed E-state index contributed by atoms with van der Waals surface area (Å²) in [5.41, 5.74) is 7.15. The van der Waals surface area contributed by atoms with Crippen molar-refractivity contribution in [1.29, 1.82) is 0 Å². The molecule has 0 saturated heterocycles. The molecule has 0 spiro atoms. The molecule has 0 radical (unpaired) electrons. The molecule has 1 nitrogen and oxygen atoms in total. The largest absolute Gasteiger partial charge is 0.325 e. The van der Waals surface area contributed by atoms with Crippen LogP contribution in [-0.2, 0) is 6.42 Å². The first-order valence-corrected chi connectivity index (χ1v) is 4.68. The Bertz CT molecular complexity index is 232. The van der Waals surface area contributed by atoms with Crippen molar-refractivity contribution in [1.82, 2.24) is 0 Å². The van der Waals surface area contributed by atoms with Gasteiger partial charge in [-0.1, -0.05) is 0 Å². The molecule has 2 heteroatoms. The predicted molar refractivity (Wildman–Crippen MR) is 51.0 cm³/mol. The average Bonchev–Trinajstić information content (AvgIpc) is 2.10. The summed E-state index contributed by atoms with van der Waals surface area (Å²) in [6.45, 7) is 6.23. The molecule has 0 fully saturated rings. The maximum absolute atomic E-state index is 5.88. The first-order chi connectivity index (χ1) is 4.97. The average molecular weight is 169 g/mol. The lowest BCUT2D eigenvalue weighted by Crippen LogP contribution is -2.33. The van der Waals surface area contributed by atoms with Gasteiger partial charge < -0.3 is 5.73 Å². The molecule has 1 rings (SSSR count). The number of rotatable bonds is 2. The Kier molecular flexibility index (Phi) is 2.35. The highest BCUT2D eigenvalue weighted by atomic mass is 32.1. The third kappa shape index (κ3) is 3.04. The minimum Gasteiger partial charge on any atom is -0.325 e. The molecule has 0 aliphatic heterocycles. The Morgan fingerprint density at radius 1 is 1.55 bits per heavy atom. The highest BCUT2D eigenvalue weighted by Crippen LogP contribution is 2.18. The lowest BCUT2D eigenvalue weighted by molar-refractivity contribution is 0.521. The zero-order valence-electron chi connectivity index (χ0n) is 7.35. The predicted octanol–water partition coefficient (Wildman–Crippen LogP) is 2.34. The monoisotopic (exact) mass is 169 g/mol. The smallest absolute Gasteiger partial charge is 0.0145 e. The zero-order valence-corrected chi connectivity index (χ0v) is 8.16. The zero-order chi connectivity index (χ0) is 8.48. The maximum Gasteiger partial charge on any atom is 0.0145 e. The second kappa shape index (κ2) is 2.95. The van der Waals surface area contributed by atoms with Crippen LogP contribution >= 0.6 is 11.3 Å². The standard InChI is InChI=1S/C9H15NS/c1-7-4-8(11-6-7)5-9(2,3)10/h4,6H,5,10H2,1-3H3. The van der Waals surface area contributed by atoms with Crippen LogP contribution in [0.1, 0.15) is 24.3 Å². The van der Waals surface area contributed by atoms with Gasteiger partial charge in [-0.3, -0.25) is 0 Å². The van der Waals surface area contributed by atoms with E-state index < -0.39 is 0 Å². The molecule has 0 bridgehead atoms. The molecule has 11 heavy (non-hydrogen) atoms. The quantitative estimate of drug-likeness (QED) is 0.722. The van der Waals surface area contributed by atoms with E-state index in [1.807, 2.05) is 0 Å². The normalized spacial score (nSPS) is 12.0. The summed E-state index contributed by atoms with van der Waals surface area (Å²) in [7, 11) is 0. The van der Waals surface area contributed by atoms with Gasteiger partial charge in [-0.05, 0) is 44.2 Å². The molecule has 1 aromatic heterocycles. The van der Waals surface area contributed by atoms with Gasteiger partial charge in [0.25, 0.3) is 0 Å². The van der Waals surface area contributed by atoms with Gasteiger partial charge in [0.15, 0.2) is 0 Å². The van der Waals surface area contributed by atoms with Crippen LogP contribution in [0.5, 0.6) is 0 Å². The summed E-state index contributed by atoms with van der Waals surface area (Å²) in [4.78, 5) is 1.38. The Balaban J connectivity index is 2.65. The van der Waals surface area contributed by atoms with E-state index in [0.717, 1.165) is 6.42 Å². The summed E-state index contributed by atoms with van der Waals surface area (Å²) < 4.78 is 0. The van der Waals surface area contributed by atoms with Gasteiger partial charge in [-0.15, -0.1) is 11.3 Å². The molecule has 0 amide bonds. The fraction of sp³-hybridized carbons (Fsp3) is 0.556. The Morgan fingerprint density at radius 2 is 2.18 bits per heavy atom. The van der Waals surface area contributed by atoms with Crippen molar-refractivity contribution >= 4 is 11.3 Å². The summed E-state index contributed by atoms with van der Waals surface area (Å²) in [5.74, 6) is 0. The maximum atomic E-state index is 5.88. The molecule has 0 atom stereocenters. The first-order valence-electron chi connectivity index (χ1n) is 3.80. The highest BCUT2D eigenvalue weighted by molar-refractivity contribution is 7.10. The van der Waals surface area contributed by atoms with Crippen LogP contribution < -0.4 is 5.73 Å². The Hall–Kier alpha value is -0.340. The third-order valence-corrected chi connectivity index (χ3v) is 2.47. The number of nitrogens with two attached hydrogens (primary N) is 1. The summed E-state index contributed by atoms with van der Waals surface area (Å²) in [6, 6.07) is 2.21. The molecule has 2 N–H and O–H groups in total. The van der Waals surface area contributed by atoms with Gasteiger partial charge in [-0.2, -0.15) is 0 Å². The molecular formula is C9H15NS. The lowest BCUT2D eigenvalue weighted by atomic mass is 10.0. The molecule has 62 valence electrons. The van der Waals surface area contributed by atoms with Crippen molar-refractivity contribution in [2.24, 2.45) is 5.73 Å². The molecular weight excluding hydrogens is 154 g/mol. The summed E-state index contributed by atoms with van der Waals surface area (Å²) in [6.07, 6.45) is 0.978. The molecule has 1 aromatic rings. The van der Waals surface area contributed by atoms with Crippen LogP contribution in [0.15, 0.2) is 11.4 Å². The van der Waals surface area contributed by atoms with Crippen molar-refractivity contribution in [3.63, 3.8) is 0 Å². The molecule has 0 unspecified atom stereocenters. The van der Waals surface area contributed by atoms with Crippen molar-refractivity contribution in [2.45, 2.75) is 32.7 Å². The summed E-state index contributed by atoms with van der Waals surface area (Å²) in [5, 5.41) is 2.17. The van der Waals surface area contributed by atoms with Crippen molar-refractivity contribution in [3.05, 3.63) is 21.9 Å². The minimum atomic E-state index is -0.0721. The van der Waals surface area contributed by atoms with E-state index >= 15 is 0 Å². The van der Waals surface area contributed by atoms with Crippen LogP contribution in [0.4, 0.5) is 0 Å². The van der Waals surface area contributed by atoms with Crippen LogP contribution in [-0.4, -0.2) is 5.54 Å². The van der Waals surface area contributed by atoms with Gasteiger partial charge in [0.2, 0.25) is 0 Å². The van der Waals surface area contributed by atoms with E-state index in [9.17, 15) is 0 Å². The molecule has 0 saturated carbocycles. The van der Waals surface area contributed by atoms with Crippen molar-refractivity contribution in [3.8, 4) is 0 Å². The second-order valence-electron chi connectivity index (χ2n) is 3.76. The van der Waals surface area contributed by atoms with Crippen LogP contribution in [0.2, 0.25) is 0 Å². The molecule has 0 aliphatic rings. The van der Waals surface area contributed by atoms with Crippen molar-refractivity contribution < 1.29 is 0 Å². The van der Waals surface area contributed by atoms with Crippen molar-refractivity contribution in [2.75, 3.05) is 0 Å². The Morgan fingerprint density at radius 3 is 2.55 bits per heavy atom. The number of aryl methyl sites for hydroxylation is 1.